The Bertz CT molecular complexity index is 774. The second kappa shape index (κ2) is 6.60. The Hall–Kier alpha value is -2.41. The molecule has 3 amide bonds. The molecule has 0 spiro atoms. The maximum atomic E-state index is 12.3. The van der Waals surface area contributed by atoms with Crippen LogP contribution in [0.25, 0.3) is 11.5 Å². The molecule has 0 aliphatic carbocycles. The van der Waals surface area contributed by atoms with E-state index in [9.17, 15) is 9.59 Å². The van der Waals surface area contributed by atoms with Gasteiger partial charge in [-0.25, -0.2) is 4.79 Å². The van der Waals surface area contributed by atoms with Crippen LogP contribution in [0.5, 0.6) is 0 Å². The summed E-state index contributed by atoms with van der Waals surface area (Å²) in [5, 5.41) is 11.1. The number of benzene rings is 1. The van der Waals surface area contributed by atoms with E-state index < -0.39 is 12.1 Å². The number of urea groups is 1. The lowest BCUT2D eigenvalue weighted by atomic mass is 10.0. The van der Waals surface area contributed by atoms with Crippen LogP contribution in [-0.2, 0) is 11.3 Å². The predicted molar refractivity (Wildman–Crippen MR) is 87.1 cm³/mol. The number of halogens is 1. The third-order valence-electron chi connectivity index (χ3n) is 3.65. The zero-order valence-electron chi connectivity index (χ0n) is 13.3. The van der Waals surface area contributed by atoms with Crippen molar-refractivity contribution < 1.29 is 14.0 Å². The molecule has 3 rings (SSSR count). The highest BCUT2D eigenvalue weighted by Gasteiger charge is 2.38. The number of nitrogens with one attached hydrogen (secondary N) is 1. The van der Waals surface area contributed by atoms with Gasteiger partial charge in [0.25, 0.3) is 5.91 Å². The summed E-state index contributed by atoms with van der Waals surface area (Å²) in [4.78, 5) is 25.4. The SMILES string of the molecule is CC(C)CC1NC(=O)N(Cc2nnc(-c3cccc(Cl)c3)o2)C1=O. The molecular weight excluding hydrogens is 332 g/mol. The van der Waals surface area contributed by atoms with Crippen molar-refractivity contribution in [2.24, 2.45) is 5.92 Å². The number of carbonyl (C=O) groups is 2. The van der Waals surface area contributed by atoms with Gasteiger partial charge in [-0.15, -0.1) is 10.2 Å². The first-order valence-electron chi connectivity index (χ1n) is 7.64. The van der Waals surface area contributed by atoms with Gasteiger partial charge in [-0.05, 0) is 30.5 Å². The number of nitrogens with zero attached hydrogens (tertiary/aromatic N) is 3. The fraction of sp³-hybridized carbons (Fsp3) is 0.375. The lowest BCUT2D eigenvalue weighted by molar-refractivity contribution is -0.128. The summed E-state index contributed by atoms with van der Waals surface area (Å²) in [7, 11) is 0. The van der Waals surface area contributed by atoms with E-state index in [1.165, 1.54) is 0 Å². The first kappa shape index (κ1) is 16.4. The van der Waals surface area contributed by atoms with Crippen LogP contribution in [0.3, 0.4) is 0 Å². The molecule has 2 heterocycles. The standard InChI is InChI=1S/C16H17ClN4O3/c1-9(2)6-12-15(22)21(16(23)18-12)8-13-19-20-14(24-13)10-4-3-5-11(17)7-10/h3-5,7,9,12H,6,8H2,1-2H3,(H,18,23). The predicted octanol–water partition coefficient (Wildman–Crippen LogP) is 2.86. The summed E-state index contributed by atoms with van der Waals surface area (Å²) >= 11 is 5.94. The smallest absolute Gasteiger partial charge is 0.325 e. The normalized spacial score (nSPS) is 17.7. The quantitative estimate of drug-likeness (QED) is 0.839. The molecule has 1 aromatic heterocycles. The van der Waals surface area contributed by atoms with Crippen LogP contribution in [0.1, 0.15) is 26.2 Å². The lowest BCUT2D eigenvalue weighted by Crippen LogP contribution is -2.31. The van der Waals surface area contributed by atoms with Crippen molar-refractivity contribution in [3.63, 3.8) is 0 Å². The molecule has 1 atom stereocenters. The Morgan fingerprint density at radius 2 is 2.12 bits per heavy atom. The van der Waals surface area contributed by atoms with Gasteiger partial charge < -0.3 is 9.73 Å². The van der Waals surface area contributed by atoms with Gasteiger partial charge in [0.05, 0.1) is 0 Å². The average molecular weight is 349 g/mol. The Morgan fingerprint density at radius 1 is 1.33 bits per heavy atom. The minimum atomic E-state index is -0.493. The van der Waals surface area contributed by atoms with E-state index >= 15 is 0 Å². The highest BCUT2D eigenvalue weighted by Crippen LogP contribution is 2.23. The van der Waals surface area contributed by atoms with Crippen LogP contribution >= 0.6 is 11.6 Å². The van der Waals surface area contributed by atoms with Gasteiger partial charge in [0.2, 0.25) is 11.8 Å². The van der Waals surface area contributed by atoms with Crippen molar-refractivity contribution in [2.45, 2.75) is 32.9 Å². The maximum absolute atomic E-state index is 12.3. The second-order valence-corrected chi connectivity index (χ2v) is 6.50. The van der Waals surface area contributed by atoms with Crippen molar-refractivity contribution >= 4 is 23.5 Å². The molecule has 0 saturated carbocycles. The Morgan fingerprint density at radius 3 is 2.83 bits per heavy atom. The molecule has 1 fully saturated rings. The summed E-state index contributed by atoms with van der Waals surface area (Å²) < 4.78 is 5.54. The molecule has 2 aromatic rings. The topological polar surface area (TPSA) is 88.3 Å². The monoisotopic (exact) mass is 348 g/mol. The molecule has 0 radical (unpaired) electrons. The molecule has 1 aromatic carbocycles. The zero-order valence-corrected chi connectivity index (χ0v) is 14.1. The van der Waals surface area contributed by atoms with E-state index in [2.05, 4.69) is 15.5 Å². The molecule has 24 heavy (non-hydrogen) atoms. The minimum Gasteiger partial charge on any atom is -0.419 e. The van der Waals surface area contributed by atoms with Crippen LogP contribution in [0.15, 0.2) is 28.7 Å². The zero-order chi connectivity index (χ0) is 17.3. The third-order valence-corrected chi connectivity index (χ3v) is 3.88. The summed E-state index contributed by atoms with van der Waals surface area (Å²) in [6.45, 7) is 3.95. The second-order valence-electron chi connectivity index (χ2n) is 6.07. The van der Waals surface area contributed by atoms with Gasteiger partial charge in [0, 0.05) is 10.6 Å². The van der Waals surface area contributed by atoms with Crippen molar-refractivity contribution in [3.05, 3.63) is 35.2 Å². The van der Waals surface area contributed by atoms with Crippen LogP contribution < -0.4 is 5.32 Å². The highest BCUT2D eigenvalue weighted by molar-refractivity contribution is 6.30. The van der Waals surface area contributed by atoms with Crippen LogP contribution in [0.2, 0.25) is 5.02 Å². The summed E-state index contributed by atoms with van der Waals surface area (Å²) in [6, 6.07) is 6.07. The van der Waals surface area contributed by atoms with E-state index in [0.29, 0.717) is 28.8 Å². The third kappa shape index (κ3) is 3.41. The van der Waals surface area contributed by atoms with Crippen molar-refractivity contribution in [3.8, 4) is 11.5 Å². The molecule has 1 N–H and O–H groups in total. The number of imide groups is 1. The fourth-order valence-corrected chi connectivity index (χ4v) is 2.74. The van der Waals surface area contributed by atoms with Crippen LogP contribution in [-0.4, -0.2) is 33.1 Å². The Labute approximate surface area is 144 Å². The lowest BCUT2D eigenvalue weighted by Gasteiger charge is -2.11. The maximum Gasteiger partial charge on any atom is 0.325 e. The van der Waals surface area contributed by atoms with Gasteiger partial charge in [-0.3, -0.25) is 9.69 Å². The summed E-state index contributed by atoms with van der Waals surface area (Å²) in [5.41, 5.74) is 0.677. The molecule has 1 aliphatic heterocycles. The first-order valence-corrected chi connectivity index (χ1v) is 8.02. The molecule has 1 unspecified atom stereocenters. The molecule has 0 bridgehead atoms. The highest BCUT2D eigenvalue weighted by atomic mass is 35.5. The van der Waals surface area contributed by atoms with Crippen LogP contribution in [0, 0.1) is 5.92 Å². The van der Waals surface area contributed by atoms with Gasteiger partial charge in [-0.2, -0.15) is 0 Å². The molecular formula is C16H17ClN4O3. The molecule has 7 nitrogen and oxygen atoms in total. The number of hydrogen-bond acceptors (Lipinski definition) is 5. The van der Waals surface area contributed by atoms with E-state index in [1.807, 2.05) is 13.8 Å². The number of aromatic nitrogens is 2. The van der Waals surface area contributed by atoms with E-state index in [1.54, 1.807) is 24.3 Å². The first-order chi connectivity index (χ1) is 11.4. The minimum absolute atomic E-state index is 0.0488. The van der Waals surface area contributed by atoms with E-state index in [-0.39, 0.29) is 18.3 Å². The van der Waals surface area contributed by atoms with Gasteiger partial charge in [0.15, 0.2) is 0 Å². The van der Waals surface area contributed by atoms with E-state index in [0.717, 1.165) is 4.90 Å². The largest absolute Gasteiger partial charge is 0.419 e. The number of carbonyl (C=O) groups excluding carboxylic acids is 2. The fourth-order valence-electron chi connectivity index (χ4n) is 2.55. The number of rotatable bonds is 5. The summed E-state index contributed by atoms with van der Waals surface area (Å²) in [6.07, 6.45) is 0.596. The molecule has 126 valence electrons. The number of hydrogen-bond donors (Lipinski definition) is 1. The van der Waals surface area contributed by atoms with Crippen LogP contribution in [0.4, 0.5) is 4.79 Å². The van der Waals surface area contributed by atoms with Crippen molar-refractivity contribution in [2.75, 3.05) is 0 Å². The Kier molecular flexibility index (Phi) is 4.53. The molecule has 1 aliphatic rings. The van der Waals surface area contributed by atoms with Crippen molar-refractivity contribution in [1.82, 2.24) is 20.4 Å². The molecule has 1 saturated heterocycles. The van der Waals surface area contributed by atoms with Gasteiger partial charge in [0.1, 0.15) is 12.6 Å². The molecule has 8 heteroatoms. The summed E-state index contributed by atoms with van der Waals surface area (Å²) in [5.74, 6) is 0.519. The van der Waals surface area contributed by atoms with Gasteiger partial charge >= 0.3 is 6.03 Å². The van der Waals surface area contributed by atoms with Gasteiger partial charge in [-0.1, -0.05) is 31.5 Å². The average Bonchev–Trinajstić information content (AvgIpc) is 3.08. The van der Waals surface area contributed by atoms with Crippen molar-refractivity contribution in [1.29, 1.82) is 0 Å². The number of amides is 3. The Balaban J connectivity index is 1.73. The van der Waals surface area contributed by atoms with E-state index in [4.69, 9.17) is 16.0 Å².